The highest BCUT2D eigenvalue weighted by Gasteiger charge is 2.23. The van der Waals surface area contributed by atoms with Gasteiger partial charge in [-0.3, -0.25) is 14.4 Å². The predicted molar refractivity (Wildman–Crippen MR) is 90.5 cm³/mol. The smallest absolute Gasteiger partial charge is 0.239 e. The van der Waals surface area contributed by atoms with E-state index < -0.39 is 6.04 Å². The van der Waals surface area contributed by atoms with E-state index in [1.165, 1.54) is 5.56 Å². The molecule has 2 heterocycles. The molecule has 21 heavy (non-hydrogen) atoms. The van der Waals surface area contributed by atoms with Crippen LogP contribution in [0.1, 0.15) is 12.5 Å². The fourth-order valence-electron chi connectivity index (χ4n) is 2.23. The summed E-state index contributed by atoms with van der Waals surface area (Å²) < 4.78 is 1.81. The van der Waals surface area contributed by atoms with Crippen molar-refractivity contribution in [1.82, 2.24) is 19.6 Å². The molecule has 0 bridgehead atoms. The molecule has 0 spiro atoms. The summed E-state index contributed by atoms with van der Waals surface area (Å²) in [4.78, 5) is 15.9. The van der Waals surface area contributed by atoms with Crippen molar-refractivity contribution < 1.29 is 4.79 Å². The lowest BCUT2D eigenvalue weighted by molar-refractivity contribution is -0.134. The van der Waals surface area contributed by atoms with Crippen LogP contribution in [-0.2, 0) is 18.4 Å². The molecule has 1 aliphatic heterocycles. The molecule has 0 saturated carbocycles. The van der Waals surface area contributed by atoms with Crippen LogP contribution in [0.4, 0.5) is 0 Å². The van der Waals surface area contributed by atoms with Crippen LogP contribution in [0, 0.1) is 0 Å². The topological polar surface area (TPSA) is 67.4 Å². The average molecular weight is 361 g/mol. The van der Waals surface area contributed by atoms with Crippen molar-refractivity contribution >= 4 is 43.1 Å². The second-order valence-corrected chi connectivity index (χ2v) is 4.91. The van der Waals surface area contributed by atoms with Crippen LogP contribution in [0.25, 0.3) is 0 Å². The molecular weight excluding hydrogens is 337 g/mol. The first-order valence-electron chi connectivity index (χ1n) is 6.30. The Kier molecular flexibility index (Phi) is 11.1. The molecule has 1 aromatic rings. The molecule has 1 atom stereocenters. The molecule has 0 aliphatic carbocycles. The van der Waals surface area contributed by atoms with Crippen molar-refractivity contribution in [3.05, 3.63) is 18.0 Å². The van der Waals surface area contributed by atoms with Gasteiger partial charge in [0.15, 0.2) is 0 Å². The third-order valence-corrected chi connectivity index (χ3v) is 3.24. The molecule has 0 unspecified atom stereocenters. The van der Waals surface area contributed by atoms with Crippen molar-refractivity contribution in [1.29, 1.82) is 0 Å². The quantitative estimate of drug-likeness (QED) is 0.860. The number of nitrogens with zero attached hydrogens (tertiary/aromatic N) is 4. The summed E-state index contributed by atoms with van der Waals surface area (Å²) in [6.07, 6.45) is 3.92. The van der Waals surface area contributed by atoms with Gasteiger partial charge < -0.3 is 10.6 Å². The van der Waals surface area contributed by atoms with Gasteiger partial charge in [-0.15, -0.1) is 37.2 Å². The summed E-state index contributed by atoms with van der Waals surface area (Å²) in [6.45, 7) is 5.96. The molecule has 1 aliphatic rings. The summed E-state index contributed by atoms with van der Waals surface area (Å²) in [5.74, 6) is 0.0519. The van der Waals surface area contributed by atoms with Crippen LogP contribution >= 0.6 is 37.2 Å². The van der Waals surface area contributed by atoms with E-state index in [4.69, 9.17) is 5.73 Å². The molecule has 1 fully saturated rings. The van der Waals surface area contributed by atoms with Crippen LogP contribution in [0.15, 0.2) is 12.4 Å². The van der Waals surface area contributed by atoms with E-state index in [0.717, 1.165) is 32.7 Å². The molecule has 0 aromatic carbocycles. The zero-order valence-electron chi connectivity index (χ0n) is 12.3. The molecule has 2 rings (SSSR count). The fraction of sp³-hybridized carbons (Fsp3) is 0.667. The number of carbonyl (C=O) groups excluding carboxylic acids is 1. The average Bonchev–Trinajstić information content (AvgIpc) is 2.75. The van der Waals surface area contributed by atoms with Gasteiger partial charge in [0, 0.05) is 51.5 Å². The van der Waals surface area contributed by atoms with E-state index >= 15 is 0 Å². The third kappa shape index (κ3) is 6.40. The Hall–Kier alpha value is -0.530. The molecule has 1 aromatic heterocycles. The van der Waals surface area contributed by atoms with Crippen molar-refractivity contribution in [2.75, 3.05) is 26.2 Å². The van der Waals surface area contributed by atoms with Gasteiger partial charge in [0.2, 0.25) is 5.91 Å². The number of nitrogens with two attached hydrogens (primary N) is 1. The van der Waals surface area contributed by atoms with Gasteiger partial charge in [-0.25, -0.2) is 0 Å². The number of rotatable bonds is 3. The van der Waals surface area contributed by atoms with Gasteiger partial charge >= 0.3 is 0 Å². The second kappa shape index (κ2) is 10.2. The summed E-state index contributed by atoms with van der Waals surface area (Å²) in [7, 11) is 1.92. The lowest BCUT2D eigenvalue weighted by Gasteiger charge is -2.35. The molecule has 1 amide bonds. The van der Waals surface area contributed by atoms with Crippen LogP contribution in [0.2, 0.25) is 0 Å². The number of hydrogen-bond donors (Lipinski definition) is 1. The number of aromatic nitrogens is 2. The first-order chi connectivity index (χ1) is 8.56. The van der Waals surface area contributed by atoms with Gasteiger partial charge in [0.25, 0.3) is 0 Å². The maximum absolute atomic E-state index is 11.7. The Bertz CT molecular complexity index is 419. The number of carbonyl (C=O) groups is 1. The molecule has 0 radical (unpaired) electrons. The maximum atomic E-state index is 11.7. The van der Waals surface area contributed by atoms with Crippen LogP contribution in [0.3, 0.4) is 0 Å². The predicted octanol–water partition coefficient (Wildman–Crippen LogP) is 0.677. The van der Waals surface area contributed by atoms with E-state index in [0.29, 0.717) is 0 Å². The van der Waals surface area contributed by atoms with Crippen LogP contribution < -0.4 is 5.73 Å². The molecule has 2 N–H and O–H groups in total. The Balaban J connectivity index is 0. The monoisotopic (exact) mass is 359 g/mol. The summed E-state index contributed by atoms with van der Waals surface area (Å²) in [5.41, 5.74) is 6.82. The highest BCUT2D eigenvalue weighted by molar-refractivity contribution is 5.86. The zero-order chi connectivity index (χ0) is 13.1. The number of halogens is 3. The Labute approximate surface area is 144 Å². The highest BCUT2D eigenvalue weighted by atomic mass is 35.5. The Morgan fingerprint density at radius 3 is 2.29 bits per heavy atom. The van der Waals surface area contributed by atoms with Gasteiger partial charge in [-0.1, -0.05) is 0 Å². The normalized spacial score (nSPS) is 16.2. The van der Waals surface area contributed by atoms with Crippen LogP contribution in [0.5, 0.6) is 0 Å². The van der Waals surface area contributed by atoms with Gasteiger partial charge in [0.05, 0.1) is 12.2 Å². The number of piperazine rings is 1. The van der Waals surface area contributed by atoms with E-state index in [-0.39, 0.29) is 43.1 Å². The second-order valence-electron chi connectivity index (χ2n) is 4.91. The SMILES string of the molecule is C[C@@H](N)C(=O)N1CCN(Cc2cnn(C)c2)CC1.Cl.Cl.Cl. The zero-order valence-corrected chi connectivity index (χ0v) is 14.7. The van der Waals surface area contributed by atoms with Gasteiger partial charge in [-0.05, 0) is 6.92 Å². The highest BCUT2D eigenvalue weighted by Crippen LogP contribution is 2.08. The summed E-state index contributed by atoms with van der Waals surface area (Å²) in [5, 5.41) is 4.16. The molecular formula is C12H24Cl3N5O. The lowest BCUT2D eigenvalue weighted by atomic mass is 10.2. The first-order valence-corrected chi connectivity index (χ1v) is 6.30. The van der Waals surface area contributed by atoms with Crippen molar-refractivity contribution in [3.8, 4) is 0 Å². The minimum Gasteiger partial charge on any atom is -0.339 e. The lowest BCUT2D eigenvalue weighted by Crippen LogP contribution is -2.52. The third-order valence-electron chi connectivity index (χ3n) is 3.24. The number of amides is 1. The molecule has 9 heteroatoms. The Morgan fingerprint density at radius 1 is 1.29 bits per heavy atom. The summed E-state index contributed by atoms with van der Waals surface area (Å²) >= 11 is 0. The minimum atomic E-state index is -0.394. The van der Waals surface area contributed by atoms with Crippen molar-refractivity contribution in [2.45, 2.75) is 19.5 Å². The van der Waals surface area contributed by atoms with Gasteiger partial charge in [0.1, 0.15) is 0 Å². The fourth-order valence-corrected chi connectivity index (χ4v) is 2.23. The van der Waals surface area contributed by atoms with E-state index in [1.54, 1.807) is 6.92 Å². The first kappa shape index (κ1) is 22.7. The molecule has 124 valence electrons. The van der Waals surface area contributed by atoms with Crippen molar-refractivity contribution in [2.24, 2.45) is 12.8 Å². The largest absolute Gasteiger partial charge is 0.339 e. The van der Waals surface area contributed by atoms with Gasteiger partial charge in [-0.2, -0.15) is 5.10 Å². The molecule has 1 saturated heterocycles. The number of aryl methyl sites for hydroxylation is 1. The van der Waals surface area contributed by atoms with E-state index in [2.05, 4.69) is 10.00 Å². The number of hydrogen-bond acceptors (Lipinski definition) is 4. The van der Waals surface area contributed by atoms with Crippen LogP contribution in [-0.4, -0.2) is 57.7 Å². The summed E-state index contributed by atoms with van der Waals surface area (Å²) in [6, 6.07) is -0.394. The minimum absolute atomic E-state index is 0. The maximum Gasteiger partial charge on any atom is 0.239 e. The van der Waals surface area contributed by atoms with E-state index in [9.17, 15) is 4.79 Å². The molecule has 6 nitrogen and oxygen atoms in total. The Morgan fingerprint density at radius 2 is 1.86 bits per heavy atom. The van der Waals surface area contributed by atoms with Crippen molar-refractivity contribution in [3.63, 3.8) is 0 Å². The van der Waals surface area contributed by atoms with E-state index in [1.807, 2.05) is 29.0 Å². The standard InChI is InChI=1S/C12H21N5O.3ClH/c1-10(13)12(18)17-5-3-16(4-6-17)9-11-7-14-15(2)8-11;;;/h7-8,10H,3-6,9,13H2,1-2H3;3*1H/t10-;;;/m1.../s1.